The molecule has 10 heteroatoms. The Bertz CT molecular complexity index is 1150. The summed E-state index contributed by atoms with van der Waals surface area (Å²) in [5.41, 5.74) is -0.208. The van der Waals surface area contributed by atoms with Crippen molar-refractivity contribution in [3.8, 4) is 5.75 Å². The maximum atomic E-state index is 14.2. The van der Waals surface area contributed by atoms with Crippen molar-refractivity contribution in [3.05, 3.63) is 42.2 Å². The summed E-state index contributed by atoms with van der Waals surface area (Å²) in [5, 5.41) is 2.28. The summed E-state index contributed by atoms with van der Waals surface area (Å²) in [6.45, 7) is 7.18. The van der Waals surface area contributed by atoms with Gasteiger partial charge in [-0.25, -0.2) is 12.8 Å². The zero-order chi connectivity index (χ0) is 23.0. The van der Waals surface area contributed by atoms with Crippen molar-refractivity contribution in [2.75, 3.05) is 28.1 Å². The van der Waals surface area contributed by atoms with Crippen LogP contribution in [-0.2, 0) is 19.6 Å². The van der Waals surface area contributed by atoms with Gasteiger partial charge in [-0.3, -0.25) is 14.3 Å². The van der Waals surface area contributed by atoms with Gasteiger partial charge < -0.3 is 15.0 Å². The zero-order valence-corrected chi connectivity index (χ0v) is 18.5. The van der Waals surface area contributed by atoms with Crippen LogP contribution in [0.25, 0.3) is 0 Å². The van der Waals surface area contributed by atoms with E-state index in [2.05, 4.69) is 10.0 Å². The lowest BCUT2D eigenvalue weighted by Gasteiger charge is -2.27. The maximum Gasteiger partial charge on any atom is 0.261 e. The minimum Gasteiger partial charge on any atom is -0.490 e. The lowest BCUT2D eigenvalue weighted by molar-refractivity contribution is -0.127. The monoisotopic (exact) mass is 449 g/mol. The topological polar surface area (TPSA) is 105 Å². The zero-order valence-electron chi connectivity index (χ0n) is 17.7. The minimum absolute atomic E-state index is 0.117. The van der Waals surface area contributed by atoms with Crippen molar-refractivity contribution < 1.29 is 27.1 Å². The normalized spacial score (nSPS) is 15.5. The number of sulfonamides is 1. The molecule has 2 amide bonds. The van der Waals surface area contributed by atoms with E-state index >= 15 is 0 Å². The highest BCUT2D eigenvalue weighted by atomic mass is 32.2. The molecule has 1 heterocycles. The van der Waals surface area contributed by atoms with Crippen molar-refractivity contribution >= 4 is 38.9 Å². The highest BCUT2D eigenvalue weighted by Crippen LogP contribution is 2.38. The molecule has 1 aliphatic heterocycles. The first kappa shape index (κ1) is 22.5. The molecular formula is C21H24FN3O5S. The molecule has 2 N–H and O–H groups in total. The number of nitrogens with zero attached hydrogens (tertiary/aromatic N) is 1. The molecule has 0 saturated carbocycles. The number of halogens is 1. The molecule has 0 saturated heterocycles. The van der Waals surface area contributed by atoms with Crippen molar-refractivity contribution in [2.45, 2.75) is 32.6 Å². The van der Waals surface area contributed by atoms with Gasteiger partial charge in [-0.2, -0.15) is 0 Å². The number of hydrogen-bond donors (Lipinski definition) is 2. The first-order valence-corrected chi connectivity index (χ1v) is 11.1. The van der Waals surface area contributed by atoms with E-state index in [9.17, 15) is 22.4 Å². The third-order valence-electron chi connectivity index (χ3n) is 4.79. The first-order valence-electron chi connectivity index (χ1n) is 9.63. The van der Waals surface area contributed by atoms with Crippen LogP contribution in [0.4, 0.5) is 21.5 Å². The third-order valence-corrected chi connectivity index (χ3v) is 6.17. The molecule has 1 aliphatic rings. The molecule has 0 radical (unpaired) electrons. The van der Waals surface area contributed by atoms with Crippen molar-refractivity contribution in [3.63, 3.8) is 0 Å². The Morgan fingerprint density at radius 3 is 2.55 bits per heavy atom. The molecular weight excluding hydrogens is 425 g/mol. The number of benzene rings is 2. The predicted octanol–water partition coefficient (Wildman–Crippen LogP) is 3.36. The van der Waals surface area contributed by atoms with Gasteiger partial charge in [-0.15, -0.1) is 0 Å². The van der Waals surface area contributed by atoms with E-state index in [1.807, 2.05) is 6.92 Å². The second-order valence-corrected chi connectivity index (χ2v) is 9.52. The molecule has 0 aromatic heterocycles. The van der Waals surface area contributed by atoms with E-state index < -0.39 is 27.2 Å². The van der Waals surface area contributed by atoms with Crippen LogP contribution >= 0.6 is 0 Å². The van der Waals surface area contributed by atoms with Crippen LogP contribution in [0, 0.1) is 11.2 Å². The van der Waals surface area contributed by atoms with E-state index in [-0.39, 0.29) is 28.8 Å². The summed E-state index contributed by atoms with van der Waals surface area (Å²) in [5.74, 6) is -1.02. The summed E-state index contributed by atoms with van der Waals surface area (Å²) < 4.78 is 47.9. The number of hydrogen-bond acceptors (Lipinski definition) is 5. The van der Waals surface area contributed by atoms with Gasteiger partial charge in [0.05, 0.1) is 27.4 Å². The van der Waals surface area contributed by atoms with Crippen molar-refractivity contribution in [1.82, 2.24) is 0 Å². The highest BCUT2D eigenvalue weighted by molar-refractivity contribution is 7.92. The van der Waals surface area contributed by atoms with Gasteiger partial charge in [0, 0.05) is 13.5 Å². The first-order chi connectivity index (χ1) is 14.4. The van der Waals surface area contributed by atoms with Crippen LogP contribution in [0.3, 0.4) is 0 Å². The van der Waals surface area contributed by atoms with Gasteiger partial charge in [-0.05, 0) is 57.2 Å². The van der Waals surface area contributed by atoms with Crippen LogP contribution < -0.4 is 19.7 Å². The molecule has 0 aliphatic carbocycles. The molecule has 3 rings (SSSR count). The number of rotatable bonds is 5. The van der Waals surface area contributed by atoms with Gasteiger partial charge in [0.25, 0.3) is 10.0 Å². The number of ether oxygens (including phenoxy) is 1. The Labute approximate surface area is 180 Å². The average molecular weight is 450 g/mol. The quantitative estimate of drug-likeness (QED) is 0.728. The Kier molecular flexibility index (Phi) is 5.95. The van der Waals surface area contributed by atoms with Gasteiger partial charge in [0.2, 0.25) is 11.8 Å². The Morgan fingerprint density at radius 1 is 1.23 bits per heavy atom. The molecule has 0 fully saturated rings. The summed E-state index contributed by atoms with van der Waals surface area (Å²) in [6.07, 6.45) is 0. The van der Waals surface area contributed by atoms with Gasteiger partial charge in [0.1, 0.15) is 18.2 Å². The third kappa shape index (κ3) is 4.63. The van der Waals surface area contributed by atoms with Gasteiger partial charge in [-0.1, -0.05) is 0 Å². The molecule has 0 unspecified atom stereocenters. The summed E-state index contributed by atoms with van der Waals surface area (Å²) in [6, 6.07) is 7.80. The Morgan fingerprint density at radius 2 is 1.94 bits per heavy atom. The van der Waals surface area contributed by atoms with E-state index in [4.69, 9.17) is 4.74 Å². The van der Waals surface area contributed by atoms with Crippen LogP contribution in [0.2, 0.25) is 0 Å². The van der Waals surface area contributed by atoms with E-state index in [0.29, 0.717) is 18.0 Å². The number of fused-ring (bicyclic) bond motifs is 1. The number of carbonyl (C=O) groups is 2. The minimum atomic E-state index is -4.12. The number of nitrogens with one attached hydrogen (secondary N) is 2. The maximum absolute atomic E-state index is 14.2. The highest BCUT2D eigenvalue weighted by Gasteiger charge is 2.37. The average Bonchev–Trinajstić information content (AvgIpc) is 2.77. The largest absolute Gasteiger partial charge is 0.490 e. The Balaban J connectivity index is 1.93. The van der Waals surface area contributed by atoms with Crippen LogP contribution in [0.1, 0.15) is 27.7 Å². The fourth-order valence-electron chi connectivity index (χ4n) is 3.19. The second-order valence-electron chi connectivity index (χ2n) is 7.83. The standard InChI is InChI=1S/C21H24FN3O5S/c1-5-25-18-10-14(6-9-19(18)30-12-21(3,4)20(25)27)24-31(28,29)15-7-8-17(16(22)11-15)23-13(2)26/h6-11,24H,5,12H2,1-4H3,(H,23,26). The molecule has 31 heavy (non-hydrogen) atoms. The van der Waals surface area contributed by atoms with Crippen LogP contribution in [0.5, 0.6) is 5.75 Å². The number of amides is 2. The summed E-state index contributed by atoms with van der Waals surface area (Å²) in [7, 11) is -4.12. The van der Waals surface area contributed by atoms with Crippen LogP contribution in [0.15, 0.2) is 41.3 Å². The predicted molar refractivity (Wildman–Crippen MR) is 115 cm³/mol. The molecule has 2 aromatic rings. The van der Waals surface area contributed by atoms with Gasteiger partial charge >= 0.3 is 0 Å². The number of carbonyl (C=O) groups excluding carboxylic acids is 2. The molecule has 0 atom stereocenters. The fourth-order valence-corrected chi connectivity index (χ4v) is 4.25. The van der Waals surface area contributed by atoms with Gasteiger partial charge in [0.15, 0.2) is 0 Å². The van der Waals surface area contributed by atoms with Crippen molar-refractivity contribution in [1.29, 1.82) is 0 Å². The smallest absolute Gasteiger partial charge is 0.261 e. The lowest BCUT2D eigenvalue weighted by Crippen LogP contribution is -2.42. The van der Waals surface area contributed by atoms with E-state index in [0.717, 1.165) is 6.07 Å². The molecule has 166 valence electrons. The molecule has 8 nitrogen and oxygen atoms in total. The fraction of sp³-hybridized carbons (Fsp3) is 0.333. The second kappa shape index (κ2) is 8.18. The summed E-state index contributed by atoms with van der Waals surface area (Å²) >= 11 is 0. The SMILES string of the molecule is CCN1C(=O)C(C)(C)COc2ccc(NS(=O)(=O)c3ccc(NC(C)=O)c(F)c3)cc21. The van der Waals surface area contributed by atoms with Crippen molar-refractivity contribution in [2.24, 2.45) is 5.41 Å². The van der Waals surface area contributed by atoms with E-state index in [1.165, 1.54) is 31.2 Å². The molecule has 0 spiro atoms. The van der Waals surface area contributed by atoms with E-state index in [1.54, 1.807) is 24.8 Å². The Hall–Kier alpha value is -3.14. The number of anilines is 3. The molecule has 2 aromatic carbocycles. The van der Waals surface area contributed by atoms with Crippen LogP contribution in [-0.4, -0.2) is 33.4 Å². The lowest BCUT2D eigenvalue weighted by atomic mass is 9.93. The molecule has 0 bridgehead atoms. The summed E-state index contributed by atoms with van der Waals surface area (Å²) in [4.78, 5) is 25.2.